The average molecular weight is 335 g/mol. The van der Waals surface area contributed by atoms with Gasteiger partial charge in [0.1, 0.15) is 0 Å². The minimum Gasteiger partial charge on any atom is -0.394 e. The Hall–Kier alpha value is -2.08. The van der Waals surface area contributed by atoms with Gasteiger partial charge in [0.15, 0.2) is 0 Å². The van der Waals surface area contributed by atoms with Crippen molar-refractivity contribution < 1.29 is 5.11 Å². The number of hydrogen-bond acceptors (Lipinski definition) is 2. The molecular weight excluding hydrogens is 306 g/mol. The number of hydrogen-bond donors (Lipinski definition) is 1. The van der Waals surface area contributed by atoms with Crippen molar-refractivity contribution in [2.24, 2.45) is 5.41 Å². The SMILES string of the molecule is CC(C#CC(C)(C)C)N(Cc1ccccc1)[C@@H](CO)c1ccccc1. The lowest BCUT2D eigenvalue weighted by atomic mass is 9.97. The molecule has 0 saturated heterocycles. The first kappa shape index (κ1) is 19.2. The molecule has 0 amide bonds. The van der Waals surface area contributed by atoms with Gasteiger partial charge < -0.3 is 5.11 Å². The fourth-order valence-electron chi connectivity index (χ4n) is 2.79. The van der Waals surface area contributed by atoms with Gasteiger partial charge in [-0.2, -0.15) is 0 Å². The van der Waals surface area contributed by atoms with Gasteiger partial charge in [0.25, 0.3) is 0 Å². The van der Waals surface area contributed by atoms with Gasteiger partial charge in [-0.05, 0) is 38.8 Å². The molecule has 0 saturated carbocycles. The molecule has 0 fully saturated rings. The van der Waals surface area contributed by atoms with Crippen LogP contribution in [0.4, 0.5) is 0 Å². The van der Waals surface area contributed by atoms with Crippen molar-refractivity contribution in [2.75, 3.05) is 6.61 Å². The monoisotopic (exact) mass is 335 g/mol. The summed E-state index contributed by atoms with van der Waals surface area (Å²) < 4.78 is 0. The minimum absolute atomic E-state index is 0.0336. The van der Waals surface area contributed by atoms with Crippen LogP contribution in [0.25, 0.3) is 0 Å². The van der Waals surface area contributed by atoms with Crippen molar-refractivity contribution in [1.29, 1.82) is 0 Å². The van der Waals surface area contributed by atoms with E-state index in [2.05, 4.69) is 80.8 Å². The maximum atomic E-state index is 10.1. The zero-order chi connectivity index (χ0) is 18.3. The average Bonchev–Trinajstić information content (AvgIpc) is 2.60. The van der Waals surface area contributed by atoms with Crippen molar-refractivity contribution >= 4 is 0 Å². The molecule has 0 heterocycles. The highest BCUT2D eigenvalue weighted by Gasteiger charge is 2.24. The summed E-state index contributed by atoms with van der Waals surface area (Å²) in [5.41, 5.74) is 2.31. The molecular formula is C23H29NO. The van der Waals surface area contributed by atoms with E-state index < -0.39 is 0 Å². The Balaban J connectivity index is 2.34. The molecule has 0 aromatic heterocycles. The summed E-state index contributed by atoms with van der Waals surface area (Å²) in [6, 6.07) is 20.5. The fraction of sp³-hybridized carbons (Fsp3) is 0.391. The second kappa shape index (κ2) is 8.85. The van der Waals surface area contributed by atoms with E-state index in [1.807, 2.05) is 24.3 Å². The molecule has 2 nitrogen and oxygen atoms in total. The first-order valence-corrected chi connectivity index (χ1v) is 8.89. The van der Waals surface area contributed by atoms with Crippen molar-refractivity contribution in [2.45, 2.75) is 46.3 Å². The zero-order valence-electron chi connectivity index (χ0n) is 15.7. The summed E-state index contributed by atoms with van der Waals surface area (Å²) in [7, 11) is 0. The summed E-state index contributed by atoms with van der Waals surface area (Å²) in [6.45, 7) is 9.30. The lowest BCUT2D eigenvalue weighted by Gasteiger charge is -2.34. The van der Waals surface area contributed by atoms with Gasteiger partial charge in [-0.1, -0.05) is 72.5 Å². The van der Waals surface area contributed by atoms with Gasteiger partial charge in [0.2, 0.25) is 0 Å². The Labute approximate surface area is 152 Å². The van der Waals surface area contributed by atoms with Gasteiger partial charge >= 0.3 is 0 Å². The number of benzene rings is 2. The third-order valence-electron chi connectivity index (χ3n) is 4.12. The summed E-state index contributed by atoms with van der Waals surface area (Å²) in [5.74, 6) is 6.74. The standard InChI is InChI=1S/C23H29NO/c1-19(15-16-23(2,3)4)24(17-20-11-7-5-8-12-20)22(18-25)21-13-9-6-10-14-21/h5-14,19,22,25H,17-18H2,1-4H3/t19?,22-/m0/s1. The quantitative estimate of drug-likeness (QED) is 0.776. The molecule has 2 heteroatoms. The van der Waals surface area contributed by atoms with E-state index in [1.54, 1.807) is 0 Å². The van der Waals surface area contributed by atoms with E-state index >= 15 is 0 Å². The van der Waals surface area contributed by atoms with E-state index in [0.717, 1.165) is 12.1 Å². The molecule has 132 valence electrons. The van der Waals surface area contributed by atoms with Gasteiger partial charge in [-0.15, -0.1) is 0 Å². The lowest BCUT2D eigenvalue weighted by molar-refractivity contribution is 0.101. The van der Waals surface area contributed by atoms with Crippen molar-refractivity contribution in [1.82, 2.24) is 4.90 Å². The van der Waals surface area contributed by atoms with E-state index in [1.165, 1.54) is 5.56 Å². The highest BCUT2D eigenvalue weighted by Crippen LogP contribution is 2.25. The van der Waals surface area contributed by atoms with Crippen LogP contribution in [-0.2, 0) is 6.54 Å². The summed E-state index contributed by atoms with van der Waals surface area (Å²) >= 11 is 0. The van der Waals surface area contributed by atoms with E-state index in [0.29, 0.717) is 0 Å². The number of rotatable bonds is 6. The van der Waals surface area contributed by atoms with Gasteiger partial charge in [-0.25, -0.2) is 0 Å². The normalized spacial score (nSPS) is 13.8. The molecule has 2 rings (SSSR count). The van der Waals surface area contributed by atoms with E-state index in [-0.39, 0.29) is 24.1 Å². The van der Waals surface area contributed by atoms with Crippen molar-refractivity contribution in [3.63, 3.8) is 0 Å². The van der Waals surface area contributed by atoms with Crippen LogP contribution in [0.15, 0.2) is 60.7 Å². The van der Waals surface area contributed by atoms with Crippen LogP contribution >= 0.6 is 0 Å². The van der Waals surface area contributed by atoms with Crippen LogP contribution < -0.4 is 0 Å². The summed E-state index contributed by atoms with van der Waals surface area (Å²) in [6.07, 6.45) is 0. The third-order valence-corrected chi connectivity index (χ3v) is 4.12. The Morgan fingerprint density at radius 2 is 1.52 bits per heavy atom. The largest absolute Gasteiger partial charge is 0.394 e. The van der Waals surface area contributed by atoms with Gasteiger partial charge in [-0.3, -0.25) is 4.90 Å². The maximum absolute atomic E-state index is 10.1. The summed E-state index contributed by atoms with van der Waals surface area (Å²) in [4.78, 5) is 2.28. The molecule has 0 aliphatic rings. The molecule has 0 bridgehead atoms. The number of aliphatic hydroxyl groups excluding tert-OH is 1. The molecule has 0 spiro atoms. The first-order valence-electron chi connectivity index (χ1n) is 8.89. The van der Waals surface area contributed by atoms with Gasteiger partial charge in [0.05, 0.1) is 18.7 Å². The van der Waals surface area contributed by atoms with Crippen molar-refractivity contribution in [3.8, 4) is 11.8 Å². The van der Waals surface area contributed by atoms with E-state index in [4.69, 9.17) is 0 Å². The van der Waals surface area contributed by atoms with E-state index in [9.17, 15) is 5.11 Å². The van der Waals surface area contributed by atoms with Crippen LogP contribution in [0.5, 0.6) is 0 Å². The molecule has 0 aliphatic heterocycles. The van der Waals surface area contributed by atoms with Crippen LogP contribution in [0.2, 0.25) is 0 Å². The van der Waals surface area contributed by atoms with Crippen molar-refractivity contribution in [3.05, 3.63) is 71.8 Å². The second-order valence-electron chi connectivity index (χ2n) is 7.46. The highest BCUT2D eigenvalue weighted by atomic mass is 16.3. The zero-order valence-corrected chi connectivity index (χ0v) is 15.7. The lowest BCUT2D eigenvalue weighted by Crippen LogP contribution is -2.37. The second-order valence-corrected chi connectivity index (χ2v) is 7.46. The molecule has 2 atom stereocenters. The molecule has 25 heavy (non-hydrogen) atoms. The number of aliphatic hydroxyl groups is 1. The summed E-state index contributed by atoms with van der Waals surface area (Å²) in [5, 5.41) is 10.1. The molecule has 0 aliphatic carbocycles. The highest BCUT2D eigenvalue weighted by molar-refractivity contribution is 5.23. The van der Waals surface area contributed by atoms with Gasteiger partial charge in [0, 0.05) is 12.0 Å². The van der Waals surface area contributed by atoms with Crippen LogP contribution in [0.1, 0.15) is 44.9 Å². The topological polar surface area (TPSA) is 23.5 Å². The molecule has 1 N–H and O–H groups in total. The Kier molecular flexibility index (Phi) is 6.82. The molecule has 1 unspecified atom stereocenters. The van der Waals surface area contributed by atoms with Crippen LogP contribution in [-0.4, -0.2) is 22.7 Å². The Bertz CT molecular complexity index is 692. The maximum Gasteiger partial charge on any atom is 0.0694 e. The fourth-order valence-corrected chi connectivity index (χ4v) is 2.79. The minimum atomic E-state index is -0.0781. The Morgan fingerprint density at radius 3 is 2.04 bits per heavy atom. The smallest absolute Gasteiger partial charge is 0.0694 e. The first-order chi connectivity index (χ1) is 11.9. The molecule has 2 aromatic carbocycles. The van der Waals surface area contributed by atoms with Crippen LogP contribution in [0, 0.1) is 17.3 Å². The predicted molar refractivity (Wildman–Crippen MR) is 105 cm³/mol. The Morgan fingerprint density at radius 1 is 0.960 bits per heavy atom. The van der Waals surface area contributed by atoms with Crippen LogP contribution in [0.3, 0.4) is 0 Å². The third kappa shape index (κ3) is 6.05. The molecule has 2 aromatic rings. The number of nitrogens with zero attached hydrogens (tertiary/aromatic N) is 1. The molecule has 0 radical (unpaired) electrons. The predicted octanol–water partition coefficient (Wildman–Crippen LogP) is 4.66.